The van der Waals surface area contributed by atoms with Crippen LogP contribution in [0, 0.1) is 0 Å². The molecule has 5 N–H and O–H groups in total. The zero-order valence-corrected chi connectivity index (χ0v) is 8.10. The molecule has 0 aliphatic carbocycles. The van der Waals surface area contributed by atoms with E-state index in [-0.39, 0.29) is 13.0 Å². The second-order valence-electron chi connectivity index (χ2n) is 3.46. The largest absolute Gasteiger partial charge is 0.394 e. The summed E-state index contributed by atoms with van der Waals surface area (Å²) in [6.07, 6.45) is -0.175. The fourth-order valence-electron chi connectivity index (χ4n) is 1.55. The molecule has 0 radical (unpaired) electrons. The Morgan fingerprint density at radius 3 is 2.50 bits per heavy atom. The number of nitrogens with one attached hydrogen (secondary N) is 1. The first-order valence-electron chi connectivity index (χ1n) is 4.66. The van der Waals surface area contributed by atoms with Gasteiger partial charge in [-0.15, -0.1) is 0 Å². The Bertz CT molecular complexity index is 198. The van der Waals surface area contributed by atoms with Gasteiger partial charge in [-0.3, -0.25) is 5.32 Å². The Labute approximate surface area is 82.1 Å². The zero-order valence-electron chi connectivity index (χ0n) is 8.10. The van der Waals surface area contributed by atoms with E-state index in [1.165, 1.54) is 0 Å². The van der Waals surface area contributed by atoms with Crippen molar-refractivity contribution in [1.29, 1.82) is 0 Å². The summed E-state index contributed by atoms with van der Waals surface area (Å²) in [7, 11) is 0. The predicted molar refractivity (Wildman–Crippen MR) is 47.0 cm³/mol. The second-order valence-corrected chi connectivity index (χ2v) is 3.46. The van der Waals surface area contributed by atoms with E-state index in [0.717, 1.165) is 0 Å². The average Bonchev–Trinajstić information content (AvgIpc) is 2.10. The molecule has 1 rings (SSSR count). The molecule has 1 heterocycles. The van der Waals surface area contributed by atoms with E-state index in [0.29, 0.717) is 13.0 Å². The molecule has 1 aliphatic heterocycles. The summed E-state index contributed by atoms with van der Waals surface area (Å²) in [5.41, 5.74) is -1.87. The molecule has 14 heavy (non-hydrogen) atoms. The van der Waals surface area contributed by atoms with Gasteiger partial charge < -0.3 is 25.2 Å². The quantitative estimate of drug-likeness (QED) is 0.346. The molecule has 0 spiro atoms. The smallest absolute Gasteiger partial charge is 0.323 e. The molecule has 2 unspecified atom stereocenters. The van der Waals surface area contributed by atoms with Crippen LogP contribution in [-0.2, 0) is 4.74 Å². The number of aliphatic hydroxyl groups is 4. The van der Waals surface area contributed by atoms with E-state index in [9.17, 15) is 15.3 Å². The number of hydrogen-bond acceptors (Lipinski definition) is 6. The average molecular weight is 207 g/mol. The molecule has 0 bridgehead atoms. The summed E-state index contributed by atoms with van der Waals surface area (Å²) in [6.45, 7) is 1.81. The molecular formula is C8H17NO5. The topological polar surface area (TPSA) is 102 Å². The summed E-state index contributed by atoms with van der Waals surface area (Å²) in [5.74, 6) is -2.66. The van der Waals surface area contributed by atoms with Crippen molar-refractivity contribution in [3.63, 3.8) is 0 Å². The van der Waals surface area contributed by atoms with Gasteiger partial charge in [0.15, 0.2) is 5.72 Å². The zero-order chi connectivity index (χ0) is 10.8. The van der Waals surface area contributed by atoms with Gasteiger partial charge in [0.1, 0.15) is 0 Å². The number of ether oxygens (including phenoxy) is 1. The van der Waals surface area contributed by atoms with Crippen molar-refractivity contribution in [2.24, 2.45) is 0 Å². The number of rotatable bonds is 3. The van der Waals surface area contributed by atoms with Gasteiger partial charge in [0.05, 0.1) is 12.7 Å². The molecule has 0 aromatic carbocycles. The lowest BCUT2D eigenvalue weighted by molar-refractivity contribution is -0.446. The minimum absolute atomic E-state index is 0.110. The van der Waals surface area contributed by atoms with Gasteiger partial charge in [-0.1, -0.05) is 6.92 Å². The van der Waals surface area contributed by atoms with Crippen molar-refractivity contribution in [3.05, 3.63) is 0 Å². The Balaban J connectivity index is 2.71. The van der Waals surface area contributed by atoms with Crippen LogP contribution in [0.3, 0.4) is 0 Å². The van der Waals surface area contributed by atoms with Gasteiger partial charge in [-0.25, -0.2) is 0 Å². The Morgan fingerprint density at radius 2 is 2.07 bits per heavy atom. The maximum absolute atomic E-state index is 9.79. The fourth-order valence-corrected chi connectivity index (χ4v) is 1.55. The lowest BCUT2D eigenvalue weighted by atomic mass is 9.98. The van der Waals surface area contributed by atoms with E-state index < -0.39 is 17.8 Å². The van der Waals surface area contributed by atoms with Crippen molar-refractivity contribution in [2.75, 3.05) is 13.2 Å². The van der Waals surface area contributed by atoms with Crippen molar-refractivity contribution in [2.45, 2.75) is 37.6 Å². The normalized spacial score (nSPS) is 37.1. The van der Waals surface area contributed by atoms with Gasteiger partial charge in [0.25, 0.3) is 0 Å². The maximum Gasteiger partial charge on any atom is 0.323 e. The minimum Gasteiger partial charge on any atom is -0.394 e. The lowest BCUT2D eigenvalue weighted by Crippen LogP contribution is -2.68. The minimum atomic E-state index is -2.66. The molecule has 84 valence electrons. The highest BCUT2D eigenvalue weighted by molar-refractivity contribution is 4.89. The van der Waals surface area contributed by atoms with Crippen LogP contribution in [0.15, 0.2) is 0 Å². The van der Waals surface area contributed by atoms with Crippen LogP contribution >= 0.6 is 0 Å². The Kier molecular flexibility index (Phi) is 3.46. The second kappa shape index (κ2) is 4.09. The first-order chi connectivity index (χ1) is 6.45. The van der Waals surface area contributed by atoms with Crippen LogP contribution in [0.5, 0.6) is 0 Å². The van der Waals surface area contributed by atoms with Crippen molar-refractivity contribution >= 4 is 0 Å². The summed E-state index contributed by atoms with van der Waals surface area (Å²) in [5, 5.41) is 40.0. The monoisotopic (exact) mass is 207 g/mol. The Morgan fingerprint density at radius 1 is 1.43 bits per heavy atom. The third kappa shape index (κ3) is 2.05. The summed E-state index contributed by atoms with van der Waals surface area (Å²) in [6, 6.07) is 0. The molecule has 6 heteroatoms. The third-order valence-corrected chi connectivity index (χ3v) is 2.37. The molecule has 6 nitrogen and oxygen atoms in total. The molecule has 1 saturated heterocycles. The number of hydrogen-bond donors (Lipinski definition) is 5. The van der Waals surface area contributed by atoms with E-state index in [1.54, 1.807) is 6.92 Å². The molecule has 0 amide bonds. The van der Waals surface area contributed by atoms with Gasteiger partial charge >= 0.3 is 5.97 Å². The van der Waals surface area contributed by atoms with Crippen molar-refractivity contribution in [1.82, 2.24) is 5.32 Å². The SMILES string of the molecule is CCNC1(O)CCC(CO)OC1(O)O. The molecule has 1 fully saturated rings. The predicted octanol–water partition coefficient (Wildman–Crippen LogP) is -1.91. The summed E-state index contributed by atoms with van der Waals surface area (Å²) >= 11 is 0. The summed E-state index contributed by atoms with van der Waals surface area (Å²) < 4.78 is 4.74. The highest BCUT2D eigenvalue weighted by atomic mass is 16.8. The van der Waals surface area contributed by atoms with Crippen LogP contribution in [-0.4, -0.2) is 51.4 Å². The molecule has 0 aromatic heterocycles. The van der Waals surface area contributed by atoms with Crippen LogP contribution in [0.2, 0.25) is 0 Å². The molecule has 2 atom stereocenters. The number of likely N-dealkylation sites (N-methyl/N-ethyl adjacent to an activating group) is 1. The standard InChI is InChI=1S/C8H17NO5/c1-2-9-7(11)4-3-6(5-10)14-8(7,12)13/h6,9-13H,2-5H2,1H3. The van der Waals surface area contributed by atoms with Gasteiger partial charge in [-0.2, -0.15) is 0 Å². The summed E-state index contributed by atoms with van der Waals surface area (Å²) in [4.78, 5) is 0. The van der Waals surface area contributed by atoms with Crippen molar-refractivity contribution < 1.29 is 25.2 Å². The number of aliphatic hydroxyl groups excluding tert-OH is 1. The van der Waals surface area contributed by atoms with Crippen LogP contribution in [0.25, 0.3) is 0 Å². The highest BCUT2D eigenvalue weighted by Gasteiger charge is 2.54. The van der Waals surface area contributed by atoms with Crippen LogP contribution in [0.1, 0.15) is 19.8 Å². The Hall–Kier alpha value is -0.240. The fraction of sp³-hybridized carbons (Fsp3) is 1.00. The molecule has 0 aromatic rings. The maximum atomic E-state index is 9.79. The first-order valence-corrected chi connectivity index (χ1v) is 4.66. The van der Waals surface area contributed by atoms with Crippen molar-refractivity contribution in [3.8, 4) is 0 Å². The van der Waals surface area contributed by atoms with E-state index >= 15 is 0 Å². The van der Waals surface area contributed by atoms with Crippen LogP contribution < -0.4 is 5.32 Å². The van der Waals surface area contributed by atoms with Crippen LogP contribution in [0.4, 0.5) is 0 Å². The van der Waals surface area contributed by atoms with Gasteiger partial charge in [-0.05, 0) is 13.0 Å². The van der Waals surface area contributed by atoms with Gasteiger partial charge in [0, 0.05) is 6.42 Å². The van der Waals surface area contributed by atoms with E-state index in [1.807, 2.05) is 0 Å². The highest BCUT2D eigenvalue weighted by Crippen LogP contribution is 2.31. The lowest BCUT2D eigenvalue weighted by Gasteiger charge is -2.45. The molecular weight excluding hydrogens is 190 g/mol. The van der Waals surface area contributed by atoms with E-state index in [2.05, 4.69) is 5.32 Å². The molecule has 0 saturated carbocycles. The first kappa shape index (κ1) is 11.8. The van der Waals surface area contributed by atoms with E-state index in [4.69, 9.17) is 9.84 Å². The third-order valence-electron chi connectivity index (χ3n) is 2.37. The van der Waals surface area contributed by atoms with Gasteiger partial charge in [0.2, 0.25) is 0 Å². The molecule has 1 aliphatic rings.